The highest BCUT2D eigenvalue weighted by molar-refractivity contribution is 9.10. The first-order valence-corrected chi connectivity index (χ1v) is 7.14. The van der Waals surface area contributed by atoms with Crippen molar-refractivity contribution >= 4 is 21.6 Å². The van der Waals surface area contributed by atoms with Crippen LogP contribution in [0.2, 0.25) is 0 Å². The number of rotatable bonds is 8. The van der Waals surface area contributed by atoms with E-state index in [2.05, 4.69) is 34.2 Å². The standard InChI is InChI=1S/C14H22BrNO/c1-3-4-5-6-7-8-16-13-9-12(15)10-14(11-13)17-2/h9-11,16H,3-8H2,1-2H3. The van der Waals surface area contributed by atoms with Crippen LogP contribution in [0, 0.1) is 0 Å². The highest BCUT2D eigenvalue weighted by Gasteiger charge is 1.98. The van der Waals surface area contributed by atoms with Crippen LogP contribution in [0.1, 0.15) is 39.0 Å². The zero-order valence-corrected chi connectivity index (χ0v) is 12.3. The van der Waals surface area contributed by atoms with Gasteiger partial charge in [0.25, 0.3) is 0 Å². The van der Waals surface area contributed by atoms with Gasteiger partial charge >= 0.3 is 0 Å². The van der Waals surface area contributed by atoms with E-state index >= 15 is 0 Å². The summed E-state index contributed by atoms with van der Waals surface area (Å²) in [6, 6.07) is 6.07. The number of anilines is 1. The molecule has 3 heteroatoms. The van der Waals surface area contributed by atoms with Crippen LogP contribution in [0.25, 0.3) is 0 Å². The maximum absolute atomic E-state index is 5.23. The van der Waals surface area contributed by atoms with Crippen LogP contribution >= 0.6 is 15.9 Å². The molecular formula is C14H22BrNO. The minimum absolute atomic E-state index is 0.882. The van der Waals surface area contributed by atoms with Crippen LogP contribution in [0.15, 0.2) is 22.7 Å². The molecular weight excluding hydrogens is 278 g/mol. The molecule has 0 spiro atoms. The topological polar surface area (TPSA) is 21.3 Å². The Morgan fingerprint density at radius 2 is 1.88 bits per heavy atom. The number of methoxy groups -OCH3 is 1. The van der Waals surface area contributed by atoms with Gasteiger partial charge in [-0.05, 0) is 18.6 Å². The van der Waals surface area contributed by atoms with Gasteiger partial charge < -0.3 is 10.1 Å². The van der Waals surface area contributed by atoms with E-state index in [9.17, 15) is 0 Å². The number of benzene rings is 1. The van der Waals surface area contributed by atoms with Gasteiger partial charge in [-0.2, -0.15) is 0 Å². The Morgan fingerprint density at radius 3 is 2.59 bits per heavy atom. The number of ether oxygens (including phenoxy) is 1. The largest absolute Gasteiger partial charge is 0.497 e. The third kappa shape index (κ3) is 5.97. The van der Waals surface area contributed by atoms with Crippen LogP contribution in [0.5, 0.6) is 5.75 Å². The second-order valence-corrected chi connectivity index (χ2v) is 5.14. The predicted molar refractivity (Wildman–Crippen MR) is 77.9 cm³/mol. The van der Waals surface area contributed by atoms with E-state index in [0.717, 1.165) is 22.5 Å². The molecule has 1 N–H and O–H groups in total. The molecule has 0 fully saturated rings. The summed E-state index contributed by atoms with van der Waals surface area (Å²) in [5.41, 5.74) is 1.12. The summed E-state index contributed by atoms with van der Waals surface area (Å²) >= 11 is 3.48. The fourth-order valence-electron chi connectivity index (χ4n) is 1.74. The van der Waals surface area contributed by atoms with Gasteiger partial charge in [-0.1, -0.05) is 48.5 Å². The van der Waals surface area contributed by atoms with E-state index in [1.165, 1.54) is 32.1 Å². The van der Waals surface area contributed by atoms with E-state index < -0.39 is 0 Å². The molecule has 0 unspecified atom stereocenters. The molecule has 0 atom stereocenters. The lowest BCUT2D eigenvalue weighted by molar-refractivity contribution is 0.414. The molecule has 1 aromatic rings. The van der Waals surface area contributed by atoms with Crippen molar-refractivity contribution in [3.63, 3.8) is 0 Å². The summed E-state index contributed by atoms with van der Waals surface area (Å²) < 4.78 is 6.27. The highest BCUT2D eigenvalue weighted by atomic mass is 79.9. The van der Waals surface area contributed by atoms with Crippen molar-refractivity contribution < 1.29 is 4.74 Å². The van der Waals surface area contributed by atoms with Crippen LogP contribution in [-0.4, -0.2) is 13.7 Å². The molecule has 0 heterocycles. The molecule has 0 aromatic heterocycles. The smallest absolute Gasteiger partial charge is 0.122 e. The van der Waals surface area contributed by atoms with E-state index in [1.807, 2.05) is 12.1 Å². The second kappa shape index (κ2) is 8.40. The number of nitrogens with one attached hydrogen (secondary N) is 1. The van der Waals surface area contributed by atoms with Crippen molar-refractivity contribution in [1.29, 1.82) is 0 Å². The van der Waals surface area contributed by atoms with E-state index in [1.54, 1.807) is 7.11 Å². The fraction of sp³-hybridized carbons (Fsp3) is 0.571. The van der Waals surface area contributed by atoms with Crippen LogP contribution in [-0.2, 0) is 0 Å². The van der Waals surface area contributed by atoms with Gasteiger partial charge in [-0.25, -0.2) is 0 Å². The molecule has 0 aliphatic carbocycles. The number of hydrogen-bond acceptors (Lipinski definition) is 2. The molecule has 0 saturated carbocycles. The summed E-state index contributed by atoms with van der Waals surface area (Å²) in [4.78, 5) is 0. The Kier molecular flexibility index (Phi) is 7.10. The normalized spacial score (nSPS) is 10.3. The number of halogens is 1. The van der Waals surface area contributed by atoms with Crippen molar-refractivity contribution in [2.75, 3.05) is 19.0 Å². The minimum Gasteiger partial charge on any atom is -0.497 e. The highest BCUT2D eigenvalue weighted by Crippen LogP contribution is 2.24. The van der Waals surface area contributed by atoms with E-state index in [-0.39, 0.29) is 0 Å². The Morgan fingerprint density at radius 1 is 1.12 bits per heavy atom. The first kappa shape index (κ1) is 14.4. The Bertz CT molecular complexity index is 328. The third-order valence-corrected chi connectivity index (χ3v) is 3.17. The molecule has 1 aromatic carbocycles. The summed E-state index contributed by atoms with van der Waals surface area (Å²) in [5.74, 6) is 0.882. The van der Waals surface area contributed by atoms with E-state index in [0.29, 0.717) is 0 Å². The van der Waals surface area contributed by atoms with Gasteiger partial charge in [-0.15, -0.1) is 0 Å². The molecule has 0 bridgehead atoms. The minimum atomic E-state index is 0.882. The predicted octanol–water partition coefficient (Wildman–Crippen LogP) is 4.84. The molecule has 96 valence electrons. The molecule has 0 amide bonds. The summed E-state index contributed by atoms with van der Waals surface area (Å²) in [6.45, 7) is 3.27. The van der Waals surface area contributed by atoms with Crippen molar-refractivity contribution in [3.05, 3.63) is 22.7 Å². The Labute approximate surface area is 113 Å². The maximum Gasteiger partial charge on any atom is 0.122 e. The van der Waals surface area contributed by atoms with Crippen LogP contribution in [0.4, 0.5) is 5.69 Å². The third-order valence-electron chi connectivity index (χ3n) is 2.72. The van der Waals surface area contributed by atoms with Gasteiger partial charge in [-0.3, -0.25) is 0 Å². The maximum atomic E-state index is 5.23. The Balaban J connectivity index is 2.28. The zero-order valence-electron chi connectivity index (χ0n) is 10.8. The van der Waals surface area contributed by atoms with Crippen molar-refractivity contribution in [1.82, 2.24) is 0 Å². The molecule has 2 nitrogen and oxygen atoms in total. The van der Waals surface area contributed by atoms with Crippen molar-refractivity contribution in [2.24, 2.45) is 0 Å². The van der Waals surface area contributed by atoms with Gasteiger partial charge in [0.15, 0.2) is 0 Å². The molecule has 17 heavy (non-hydrogen) atoms. The first-order chi connectivity index (χ1) is 8.26. The second-order valence-electron chi connectivity index (χ2n) is 4.22. The van der Waals surface area contributed by atoms with Gasteiger partial charge in [0, 0.05) is 22.8 Å². The van der Waals surface area contributed by atoms with Crippen LogP contribution in [0.3, 0.4) is 0 Å². The number of hydrogen-bond donors (Lipinski definition) is 1. The lowest BCUT2D eigenvalue weighted by atomic mass is 10.1. The fourth-order valence-corrected chi connectivity index (χ4v) is 2.22. The molecule has 0 aliphatic rings. The summed E-state index contributed by atoms with van der Waals surface area (Å²) in [6.07, 6.45) is 6.54. The number of unbranched alkanes of at least 4 members (excludes halogenated alkanes) is 4. The monoisotopic (exact) mass is 299 g/mol. The first-order valence-electron chi connectivity index (χ1n) is 6.34. The quantitative estimate of drug-likeness (QED) is 0.694. The molecule has 1 rings (SSSR count). The van der Waals surface area contributed by atoms with Crippen LogP contribution < -0.4 is 10.1 Å². The summed E-state index contributed by atoms with van der Waals surface area (Å²) in [5, 5.41) is 3.43. The van der Waals surface area contributed by atoms with Crippen molar-refractivity contribution in [2.45, 2.75) is 39.0 Å². The molecule has 0 aliphatic heterocycles. The lowest BCUT2D eigenvalue weighted by Gasteiger charge is -2.09. The Hall–Kier alpha value is -0.700. The zero-order chi connectivity index (χ0) is 12.5. The molecule has 0 radical (unpaired) electrons. The summed E-state index contributed by atoms with van der Waals surface area (Å²) in [7, 11) is 1.69. The van der Waals surface area contributed by atoms with E-state index in [4.69, 9.17) is 4.74 Å². The van der Waals surface area contributed by atoms with Gasteiger partial charge in [0.2, 0.25) is 0 Å². The van der Waals surface area contributed by atoms with Gasteiger partial charge in [0.1, 0.15) is 5.75 Å². The SMILES string of the molecule is CCCCCCCNc1cc(Br)cc(OC)c1. The molecule has 0 saturated heterocycles. The van der Waals surface area contributed by atoms with Crippen molar-refractivity contribution in [3.8, 4) is 5.75 Å². The van der Waals surface area contributed by atoms with Gasteiger partial charge in [0.05, 0.1) is 7.11 Å². The lowest BCUT2D eigenvalue weighted by Crippen LogP contribution is -2.01. The average Bonchev–Trinajstić information content (AvgIpc) is 2.33. The average molecular weight is 300 g/mol.